The number of carbonyl (C=O) groups is 2. The smallest absolute Gasteiger partial charge is 0.354 e. The third-order valence-corrected chi connectivity index (χ3v) is 3.07. The van der Waals surface area contributed by atoms with Crippen LogP contribution in [-0.2, 0) is 17.9 Å². The average Bonchev–Trinajstić information content (AvgIpc) is 2.59. The summed E-state index contributed by atoms with van der Waals surface area (Å²) in [5.74, 6) is -0.765. The number of aromatic nitrogens is 2. The van der Waals surface area contributed by atoms with E-state index >= 15 is 0 Å². The Morgan fingerprint density at radius 1 is 1.04 bits per heavy atom. The van der Waals surface area contributed by atoms with E-state index in [-0.39, 0.29) is 11.6 Å². The topological polar surface area (TPSA) is 113 Å². The Hall–Kier alpha value is -2.84. The van der Waals surface area contributed by atoms with E-state index < -0.39 is 5.97 Å². The molecule has 0 fully saturated rings. The summed E-state index contributed by atoms with van der Waals surface area (Å²) in [7, 11) is 0. The number of nitrogens with zero attached hydrogens (tertiary/aromatic N) is 2. The molecule has 0 saturated carbocycles. The van der Waals surface area contributed by atoms with Gasteiger partial charge >= 0.3 is 5.97 Å². The van der Waals surface area contributed by atoms with Crippen molar-refractivity contribution < 1.29 is 19.4 Å². The monoisotopic (exact) mass is 330 g/mol. The van der Waals surface area contributed by atoms with Crippen molar-refractivity contribution in [2.24, 2.45) is 0 Å². The standard InChI is InChI=1S/C16H18N4O4/c21-11-24-15-6-2-4-13(20-15)10-18-8-7-17-9-12-3-1-5-14(19-12)16(22)23/h1-6,11,17-18H,7-10H2,(H,22,23). The minimum atomic E-state index is -1.04. The lowest BCUT2D eigenvalue weighted by Gasteiger charge is -2.07. The zero-order valence-electron chi connectivity index (χ0n) is 12.9. The minimum Gasteiger partial charge on any atom is -0.477 e. The van der Waals surface area contributed by atoms with Gasteiger partial charge in [0.15, 0.2) is 0 Å². The second kappa shape index (κ2) is 9.33. The van der Waals surface area contributed by atoms with E-state index in [0.717, 1.165) is 5.69 Å². The summed E-state index contributed by atoms with van der Waals surface area (Å²) in [4.78, 5) is 29.3. The first-order valence-corrected chi connectivity index (χ1v) is 7.36. The highest BCUT2D eigenvalue weighted by molar-refractivity contribution is 5.85. The summed E-state index contributed by atoms with van der Waals surface area (Å²) in [5.41, 5.74) is 1.48. The van der Waals surface area contributed by atoms with Crippen molar-refractivity contribution in [2.45, 2.75) is 13.1 Å². The summed E-state index contributed by atoms with van der Waals surface area (Å²) < 4.78 is 4.69. The Bertz CT molecular complexity index is 693. The maximum atomic E-state index is 10.8. The van der Waals surface area contributed by atoms with Gasteiger partial charge in [-0.1, -0.05) is 12.1 Å². The van der Waals surface area contributed by atoms with Gasteiger partial charge in [0.05, 0.1) is 11.4 Å². The molecule has 0 saturated heterocycles. The molecule has 8 heteroatoms. The number of ether oxygens (including phenoxy) is 1. The Kier molecular flexibility index (Phi) is 6.81. The highest BCUT2D eigenvalue weighted by Crippen LogP contribution is 2.06. The van der Waals surface area contributed by atoms with E-state index in [1.54, 1.807) is 24.3 Å². The van der Waals surface area contributed by atoms with Crippen LogP contribution in [0.3, 0.4) is 0 Å². The van der Waals surface area contributed by atoms with E-state index in [4.69, 9.17) is 5.11 Å². The predicted octanol–water partition coefficient (Wildman–Crippen LogP) is 0.589. The van der Waals surface area contributed by atoms with Crippen LogP contribution in [0.5, 0.6) is 5.88 Å². The highest BCUT2D eigenvalue weighted by Gasteiger charge is 2.04. The first kappa shape index (κ1) is 17.5. The lowest BCUT2D eigenvalue weighted by atomic mass is 10.3. The highest BCUT2D eigenvalue weighted by atomic mass is 16.5. The molecule has 0 bridgehead atoms. The number of aromatic carboxylic acids is 1. The van der Waals surface area contributed by atoms with Crippen molar-refractivity contribution in [2.75, 3.05) is 13.1 Å². The van der Waals surface area contributed by atoms with E-state index in [2.05, 4.69) is 25.3 Å². The molecule has 0 unspecified atom stereocenters. The zero-order chi connectivity index (χ0) is 17.2. The van der Waals surface area contributed by atoms with Gasteiger partial charge < -0.3 is 20.5 Å². The number of hydrogen-bond donors (Lipinski definition) is 3. The maximum absolute atomic E-state index is 10.8. The molecule has 0 amide bonds. The van der Waals surface area contributed by atoms with E-state index in [1.165, 1.54) is 6.07 Å². The normalized spacial score (nSPS) is 10.3. The van der Waals surface area contributed by atoms with Crippen molar-refractivity contribution in [3.05, 3.63) is 53.5 Å². The molecule has 8 nitrogen and oxygen atoms in total. The van der Waals surface area contributed by atoms with Crippen LogP contribution in [-0.4, -0.2) is 40.6 Å². The number of nitrogens with one attached hydrogen (secondary N) is 2. The molecule has 2 heterocycles. The second-order valence-electron chi connectivity index (χ2n) is 4.85. The summed E-state index contributed by atoms with van der Waals surface area (Å²) in [6, 6.07) is 10.1. The first-order valence-electron chi connectivity index (χ1n) is 7.36. The Labute approximate surface area is 138 Å². The number of pyridine rings is 2. The third-order valence-electron chi connectivity index (χ3n) is 3.07. The molecule has 0 aliphatic rings. The Morgan fingerprint density at radius 3 is 2.29 bits per heavy atom. The quantitative estimate of drug-likeness (QED) is 0.428. The van der Waals surface area contributed by atoms with Gasteiger partial charge in [-0.2, -0.15) is 0 Å². The summed E-state index contributed by atoms with van der Waals surface area (Å²) >= 11 is 0. The van der Waals surface area contributed by atoms with Crippen LogP contribution >= 0.6 is 0 Å². The van der Waals surface area contributed by atoms with E-state index in [0.29, 0.717) is 38.3 Å². The van der Waals surface area contributed by atoms with Crippen LogP contribution in [0.2, 0.25) is 0 Å². The second-order valence-corrected chi connectivity index (χ2v) is 4.85. The summed E-state index contributed by atoms with van der Waals surface area (Å²) in [6.07, 6.45) is 0. The van der Waals surface area contributed by atoms with Crippen LogP contribution in [0.25, 0.3) is 0 Å². The van der Waals surface area contributed by atoms with Crippen molar-refractivity contribution >= 4 is 12.4 Å². The predicted molar refractivity (Wildman–Crippen MR) is 85.5 cm³/mol. The van der Waals surface area contributed by atoms with E-state index in [1.807, 2.05) is 6.07 Å². The average molecular weight is 330 g/mol. The number of carbonyl (C=O) groups excluding carboxylic acids is 1. The van der Waals surface area contributed by atoms with Crippen molar-refractivity contribution in [1.82, 2.24) is 20.6 Å². The van der Waals surface area contributed by atoms with Gasteiger partial charge in [-0.15, -0.1) is 0 Å². The minimum absolute atomic E-state index is 0.0379. The fraction of sp³-hybridized carbons (Fsp3) is 0.250. The summed E-state index contributed by atoms with van der Waals surface area (Å²) in [6.45, 7) is 2.76. The molecule has 3 N–H and O–H groups in total. The van der Waals surface area contributed by atoms with E-state index in [9.17, 15) is 9.59 Å². The lowest BCUT2D eigenvalue weighted by molar-refractivity contribution is -0.120. The molecule has 0 radical (unpaired) electrons. The molecule has 0 aromatic carbocycles. The lowest BCUT2D eigenvalue weighted by Crippen LogP contribution is -2.27. The fourth-order valence-corrected chi connectivity index (χ4v) is 1.98. The van der Waals surface area contributed by atoms with Gasteiger partial charge in [-0.3, -0.25) is 4.79 Å². The van der Waals surface area contributed by atoms with Gasteiger partial charge in [0.1, 0.15) is 5.69 Å². The molecule has 2 aromatic rings. The molecular weight excluding hydrogens is 312 g/mol. The van der Waals surface area contributed by atoms with Crippen LogP contribution in [0.1, 0.15) is 21.9 Å². The molecule has 0 spiro atoms. The first-order chi connectivity index (χ1) is 11.7. The molecule has 126 valence electrons. The molecule has 2 rings (SSSR count). The van der Waals surface area contributed by atoms with Crippen molar-refractivity contribution in [1.29, 1.82) is 0 Å². The van der Waals surface area contributed by atoms with Crippen molar-refractivity contribution in [3.63, 3.8) is 0 Å². The zero-order valence-corrected chi connectivity index (χ0v) is 12.9. The van der Waals surface area contributed by atoms with Crippen molar-refractivity contribution in [3.8, 4) is 5.88 Å². The molecular formula is C16H18N4O4. The van der Waals surface area contributed by atoms with Gasteiger partial charge in [-0.05, 0) is 18.2 Å². The Morgan fingerprint density at radius 2 is 1.67 bits per heavy atom. The molecule has 0 aliphatic heterocycles. The van der Waals surface area contributed by atoms with Crippen LogP contribution in [0.4, 0.5) is 0 Å². The molecule has 0 aliphatic carbocycles. The number of carboxylic acid groups (broad SMARTS) is 1. The molecule has 2 aromatic heterocycles. The van der Waals surface area contributed by atoms with Gasteiger partial charge in [0.2, 0.25) is 5.88 Å². The Balaban J connectivity index is 1.66. The number of rotatable bonds is 10. The van der Waals surface area contributed by atoms with Crippen LogP contribution < -0.4 is 15.4 Å². The van der Waals surface area contributed by atoms with Gasteiger partial charge in [0.25, 0.3) is 6.47 Å². The van der Waals surface area contributed by atoms with Crippen LogP contribution in [0.15, 0.2) is 36.4 Å². The SMILES string of the molecule is O=COc1cccc(CNCCNCc2cccc(C(=O)O)n2)n1. The summed E-state index contributed by atoms with van der Waals surface area (Å²) in [5, 5.41) is 15.3. The molecule has 24 heavy (non-hydrogen) atoms. The number of carboxylic acids is 1. The number of hydrogen-bond acceptors (Lipinski definition) is 7. The third kappa shape index (κ3) is 5.75. The largest absolute Gasteiger partial charge is 0.477 e. The fourth-order valence-electron chi connectivity index (χ4n) is 1.98. The maximum Gasteiger partial charge on any atom is 0.354 e. The van der Waals surface area contributed by atoms with Crippen LogP contribution in [0, 0.1) is 0 Å². The van der Waals surface area contributed by atoms with Gasteiger partial charge in [-0.25, -0.2) is 14.8 Å². The van der Waals surface area contributed by atoms with Gasteiger partial charge in [0, 0.05) is 32.2 Å². The molecule has 0 atom stereocenters.